The largest absolute Gasteiger partial charge is 0.458 e. The van der Waals surface area contributed by atoms with Gasteiger partial charge in [-0.3, -0.25) is 4.79 Å². The first-order chi connectivity index (χ1) is 16.3. The summed E-state index contributed by atoms with van der Waals surface area (Å²) in [6.07, 6.45) is 6.70. The number of aryl methyl sites for hydroxylation is 1. The fraction of sp³-hybridized carbons (Fsp3) is 0.552. The van der Waals surface area contributed by atoms with Crippen LogP contribution in [-0.4, -0.2) is 37.5 Å². The van der Waals surface area contributed by atoms with Crippen LogP contribution in [0.15, 0.2) is 63.6 Å². The van der Waals surface area contributed by atoms with Gasteiger partial charge in [0.25, 0.3) is 0 Å². The predicted molar refractivity (Wildman–Crippen MR) is 142 cm³/mol. The quantitative estimate of drug-likeness (QED) is 0.302. The summed E-state index contributed by atoms with van der Waals surface area (Å²) < 4.78 is 33.6. The molecule has 0 aromatic heterocycles. The third-order valence-electron chi connectivity index (χ3n) is 6.85. The van der Waals surface area contributed by atoms with Gasteiger partial charge in [0.2, 0.25) is 0 Å². The molecule has 0 saturated carbocycles. The van der Waals surface area contributed by atoms with E-state index in [1.807, 2.05) is 39.0 Å². The van der Waals surface area contributed by atoms with Gasteiger partial charge in [-0.05, 0) is 82.6 Å². The number of ether oxygens (including phenoxy) is 1. The summed E-state index contributed by atoms with van der Waals surface area (Å²) in [6, 6.07) is 7.08. The molecule has 6 heteroatoms. The SMILES string of the molecule is CC(=O)OC(C=C(C)CC(C1=C(C)CCCC1(C)C)S(=O)(=O)c1ccc(C)cc1)CC(C)=CCO. The summed E-state index contributed by atoms with van der Waals surface area (Å²) in [6.45, 7) is 13.4. The molecule has 1 N–H and O–H groups in total. The lowest BCUT2D eigenvalue weighted by atomic mass is 9.70. The van der Waals surface area contributed by atoms with E-state index in [2.05, 4.69) is 20.8 Å². The summed E-state index contributed by atoms with van der Waals surface area (Å²) in [5.41, 5.74) is 4.72. The number of rotatable bonds is 10. The molecule has 0 fully saturated rings. The van der Waals surface area contributed by atoms with Crippen molar-refractivity contribution in [2.45, 2.75) is 96.8 Å². The van der Waals surface area contributed by atoms with Crippen molar-refractivity contribution in [2.24, 2.45) is 5.41 Å². The summed E-state index contributed by atoms with van der Waals surface area (Å²) in [4.78, 5) is 12.1. The zero-order valence-corrected chi connectivity index (χ0v) is 23.2. The minimum absolute atomic E-state index is 0.0826. The lowest BCUT2D eigenvalue weighted by molar-refractivity contribution is -0.144. The molecule has 0 spiro atoms. The van der Waals surface area contributed by atoms with Gasteiger partial charge in [0.15, 0.2) is 9.84 Å². The van der Waals surface area contributed by atoms with Gasteiger partial charge in [0.1, 0.15) is 6.10 Å². The second-order valence-corrected chi connectivity index (χ2v) is 12.7. The van der Waals surface area contributed by atoms with Crippen LogP contribution in [0.5, 0.6) is 0 Å². The Morgan fingerprint density at radius 1 is 1.09 bits per heavy atom. The number of benzene rings is 1. The third-order valence-corrected chi connectivity index (χ3v) is 8.93. The fourth-order valence-corrected chi connectivity index (χ4v) is 7.35. The highest BCUT2D eigenvalue weighted by Crippen LogP contribution is 2.46. The molecule has 1 aliphatic carbocycles. The van der Waals surface area contributed by atoms with Crippen molar-refractivity contribution in [1.82, 2.24) is 0 Å². The molecular formula is C29H42O5S. The van der Waals surface area contributed by atoms with Crippen LogP contribution in [0, 0.1) is 12.3 Å². The average molecular weight is 503 g/mol. The van der Waals surface area contributed by atoms with Gasteiger partial charge >= 0.3 is 5.97 Å². The summed E-state index contributed by atoms with van der Waals surface area (Å²) in [7, 11) is -3.66. The molecule has 35 heavy (non-hydrogen) atoms. The van der Waals surface area contributed by atoms with Crippen molar-refractivity contribution in [2.75, 3.05) is 6.61 Å². The maximum absolute atomic E-state index is 14.1. The van der Waals surface area contributed by atoms with Gasteiger partial charge in [-0.1, -0.05) is 54.3 Å². The monoisotopic (exact) mass is 502 g/mol. The Balaban J connectivity index is 2.55. The van der Waals surface area contributed by atoms with E-state index in [0.717, 1.165) is 47.1 Å². The van der Waals surface area contributed by atoms with E-state index in [0.29, 0.717) is 17.7 Å². The summed E-state index contributed by atoms with van der Waals surface area (Å²) in [5.74, 6) is -0.397. The third kappa shape index (κ3) is 7.91. The topological polar surface area (TPSA) is 80.7 Å². The van der Waals surface area contributed by atoms with Crippen molar-refractivity contribution in [3.63, 3.8) is 0 Å². The molecule has 2 unspecified atom stereocenters. The molecule has 0 saturated heterocycles. The molecular weight excluding hydrogens is 460 g/mol. The van der Waals surface area contributed by atoms with Crippen molar-refractivity contribution in [1.29, 1.82) is 0 Å². The van der Waals surface area contributed by atoms with Crippen LogP contribution in [0.25, 0.3) is 0 Å². The second-order valence-electron chi connectivity index (χ2n) is 10.6. The van der Waals surface area contributed by atoms with Crippen LogP contribution in [0.1, 0.15) is 79.2 Å². The first-order valence-electron chi connectivity index (χ1n) is 12.4. The molecule has 2 atom stereocenters. The van der Waals surface area contributed by atoms with Crippen LogP contribution < -0.4 is 0 Å². The Bertz CT molecular complexity index is 1090. The van der Waals surface area contributed by atoms with E-state index in [1.54, 1.807) is 18.2 Å². The Labute approximate surface area is 211 Å². The highest BCUT2D eigenvalue weighted by atomic mass is 32.2. The van der Waals surface area contributed by atoms with Crippen molar-refractivity contribution in [3.05, 3.63) is 64.3 Å². The predicted octanol–water partition coefficient (Wildman–Crippen LogP) is 6.26. The van der Waals surface area contributed by atoms with Gasteiger partial charge in [0, 0.05) is 13.3 Å². The van der Waals surface area contributed by atoms with Gasteiger partial charge in [-0.25, -0.2) is 8.42 Å². The normalized spacial score (nSPS) is 18.9. The molecule has 0 heterocycles. The number of allylic oxidation sites excluding steroid dienone is 2. The highest BCUT2D eigenvalue weighted by molar-refractivity contribution is 7.92. The maximum Gasteiger partial charge on any atom is 0.303 e. The molecule has 1 aliphatic rings. The zero-order chi connectivity index (χ0) is 26.4. The van der Waals surface area contributed by atoms with Crippen LogP contribution in [-0.2, 0) is 19.4 Å². The Kier molecular flexibility index (Phi) is 10.1. The molecule has 194 valence electrons. The van der Waals surface area contributed by atoms with Gasteiger partial charge in [-0.2, -0.15) is 0 Å². The molecule has 0 amide bonds. The number of carbonyl (C=O) groups excluding carboxylic acids is 1. The number of sulfone groups is 1. The number of esters is 1. The Morgan fingerprint density at radius 3 is 2.26 bits per heavy atom. The lowest BCUT2D eigenvalue weighted by Gasteiger charge is -2.39. The smallest absolute Gasteiger partial charge is 0.303 e. The van der Waals surface area contributed by atoms with E-state index in [4.69, 9.17) is 4.74 Å². The van der Waals surface area contributed by atoms with Crippen molar-refractivity contribution >= 4 is 15.8 Å². The second kappa shape index (κ2) is 12.2. The molecule has 0 radical (unpaired) electrons. The molecule has 0 bridgehead atoms. The van der Waals surface area contributed by atoms with Crippen LogP contribution in [0.4, 0.5) is 0 Å². The Morgan fingerprint density at radius 2 is 1.71 bits per heavy atom. The average Bonchev–Trinajstić information content (AvgIpc) is 2.72. The molecule has 0 aliphatic heterocycles. The highest BCUT2D eigenvalue weighted by Gasteiger charge is 2.40. The minimum Gasteiger partial charge on any atom is -0.458 e. The number of aliphatic hydroxyl groups excluding tert-OH is 1. The zero-order valence-electron chi connectivity index (χ0n) is 22.3. The molecule has 2 rings (SSSR count). The molecule has 1 aromatic carbocycles. The van der Waals surface area contributed by atoms with Gasteiger partial charge in [-0.15, -0.1) is 0 Å². The molecule has 5 nitrogen and oxygen atoms in total. The van der Waals surface area contributed by atoms with Gasteiger partial charge < -0.3 is 9.84 Å². The number of hydrogen-bond acceptors (Lipinski definition) is 5. The summed E-state index contributed by atoms with van der Waals surface area (Å²) in [5, 5.41) is 8.50. The van der Waals surface area contributed by atoms with Crippen molar-refractivity contribution in [3.8, 4) is 0 Å². The minimum atomic E-state index is -3.66. The first-order valence-corrected chi connectivity index (χ1v) is 13.9. The van der Waals surface area contributed by atoms with E-state index in [-0.39, 0.29) is 12.0 Å². The van der Waals surface area contributed by atoms with E-state index >= 15 is 0 Å². The van der Waals surface area contributed by atoms with E-state index < -0.39 is 27.2 Å². The first kappa shape index (κ1) is 29.1. The number of aliphatic hydroxyl groups is 1. The molecule has 1 aromatic rings. The van der Waals surface area contributed by atoms with Crippen LogP contribution in [0.3, 0.4) is 0 Å². The number of hydrogen-bond donors (Lipinski definition) is 1. The Hall–Kier alpha value is -2.18. The fourth-order valence-electron chi connectivity index (χ4n) is 5.19. The van der Waals surface area contributed by atoms with Crippen molar-refractivity contribution < 1.29 is 23.1 Å². The summed E-state index contributed by atoms with van der Waals surface area (Å²) >= 11 is 0. The van der Waals surface area contributed by atoms with E-state index in [9.17, 15) is 18.3 Å². The van der Waals surface area contributed by atoms with Crippen LogP contribution in [0.2, 0.25) is 0 Å². The maximum atomic E-state index is 14.1. The lowest BCUT2D eigenvalue weighted by Crippen LogP contribution is -2.35. The van der Waals surface area contributed by atoms with E-state index in [1.165, 1.54) is 6.92 Å². The van der Waals surface area contributed by atoms with Crippen LogP contribution >= 0.6 is 0 Å². The van der Waals surface area contributed by atoms with Gasteiger partial charge in [0.05, 0.1) is 16.8 Å². The number of carbonyl (C=O) groups is 1. The standard InChI is InChI=1S/C29H42O5S/c1-20-10-12-26(13-11-20)35(32,33)27(28-23(4)9-8-15-29(28,6)7)19-22(3)18-25(34-24(5)31)17-21(2)14-16-30/h10-14,18,25,27,30H,8-9,15-17,19H2,1-7H3.